The topological polar surface area (TPSA) is 129 Å². The number of hydrogen-bond donors (Lipinski definition) is 0. The molecule has 3 amide bonds. The summed E-state index contributed by atoms with van der Waals surface area (Å²) in [6, 6.07) is 8.96. The molecule has 2 aliphatic rings. The molecular weight excluding hydrogens is 512 g/mol. The smallest absolute Gasteiger partial charge is 0.410 e. The summed E-state index contributed by atoms with van der Waals surface area (Å²) in [5.41, 5.74) is 0.776. The average Bonchev–Trinajstić information content (AvgIpc) is 3.43. The molecule has 12 heteroatoms. The summed E-state index contributed by atoms with van der Waals surface area (Å²) in [4.78, 5) is 63.5. The fourth-order valence-electron chi connectivity index (χ4n) is 3.84. The summed E-state index contributed by atoms with van der Waals surface area (Å²) in [7, 11) is -1.30. The molecule has 0 bridgehead atoms. The van der Waals surface area contributed by atoms with Gasteiger partial charge in [0.25, 0.3) is 11.8 Å². The van der Waals surface area contributed by atoms with E-state index in [0.29, 0.717) is 6.61 Å². The molecule has 0 spiro atoms. The van der Waals surface area contributed by atoms with Crippen molar-refractivity contribution in [3.8, 4) is 0 Å². The molecule has 38 heavy (non-hydrogen) atoms. The van der Waals surface area contributed by atoms with Crippen LogP contribution in [0.4, 0.5) is 4.79 Å². The zero-order chi connectivity index (χ0) is 27.7. The fraction of sp³-hybridized carbons (Fsp3) is 0.500. The molecule has 1 saturated heterocycles. The minimum Gasteiger partial charge on any atom is -0.460 e. The molecule has 1 aromatic rings. The molecule has 0 saturated carbocycles. The van der Waals surface area contributed by atoms with Crippen LogP contribution >= 0.6 is 0 Å². The summed E-state index contributed by atoms with van der Waals surface area (Å²) >= 11 is 0. The second-order valence-corrected chi connectivity index (χ2v) is 15.9. The highest BCUT2D eigenvalue weighted by Crippen LogP contribution is 2.24. The first-order chi connectivity index (χ1) is 18.0. The zero-order valence-corrected chi connectivity index (χ0v) is 22.9. The standard InChI is InChI=1S/C26H34N2O9Si/c1-38(2,3)14-13-34-18-36-25(32)21-15-20(37-24(31)11-12-27-22(29)9-10-23(27)30)16-28(21)26(33)35-17-19-7-5-4-6-8-19/h4-10,20-21H,11-18H2,1-3H3/t20-,21+/m1/s1. The number of amides is 3. The van der Waals surface area contributed by atoms with E-state index >= 15 is 0 Å². The Bertz CT molecular complexity index is 1040. The van der Waals surface area contributed by atoms with Gasteiger partial charge in [0.2, 0.25) is 0 Å². The van der Waals surface area contributed by atoms with Gasteiger partial charge >= 0.3 is 18.0 Å². The Balaban J connectivity index is 1.55. The molecule has 3 rings (SSSR count). The molecule has 0 N–H and O–H groups in total. The third-order valence-corrected chi connectivity index (χ3v) is 7.70. The van der Waals surface area contributed by atoms with Crippen molar-refractivity contribution in [2.24, 2.45) is 0 Å². The number of likely N-dealkylation sites (tertiary alicyclic amines) is 1. The molecule has 1 aromatic carbocycles. The van der Waals surface area contributed by atoms with Crippen LogP contribution in [0.1, 0.15) is 18.4 Å². The first kappa shape index (κ1) is 29.0. The molecule has 0 radical (unpaired) electrons. The number of nitrogens with zero attached hydrogens (tertiary/aromatic N) is 2. The molecule has 2 atom stereocenters. The lowest BCUT2D eigenvalue weighted by atomic mass is 10.2. The van der Waals surface area contributed by atoms with Crippen molar-refractivity contribution >= 4 is 37.9 Å². The Hall–Kier alpha value is -3.51. The predicted molar refractivity (Wildman–Crippen MR) is 137 cm³/mol. The maximum Gasteiger partial charge on any atom is 0.410 e. The van der Waals surface area contributed by atoms with Gasteiger partial charge in [0, 0.05) is 39.8 Å². The number of carbonyl (C=O) groups is 5. The van der Waals surface area contributed by atoms with Gasteiger partial charge in [0.05, 0.1) is 13.0 Å². The molecule has 2 heterocycles. The van der Waals surface area contributed by atoms with E-state index in [2.05, 4.69) is 19.6 Å². The fourth-order valence-corrected chi connectivity index (χ4v) is 4.60. The number of ether oxygens (including phenoxy) is 4. The molecule has 1 fully saturated rings. The summed E-state index contributed by atoms with van der Waals surface area (Å²) in [6.07, 6.45) is 0.536. The molecule has 2 aliphatic heterocycles. The van der Waals surface area contributed by atoms with Crippen molar-refractivity contribution < 1.29 is 42.9 Å². The van der Waals surface area contributed by atoms with Crippen LogP contribution in [-0.4, -0.2) is 86.4 Å². The van der Waals surface area contributed by atoms with Crippen LogP contribution in [0, 0.1) is 0 Å². The maximum atomic E-state index is 12.9. The maximum absolute atomic E-state index is 12.9. The predicted octanol–water partition coefficient (Wildman–Crippen LogP) is 2.48. The summed E-state index contributed by atoms with van der Waals surface area (Å²) in [6.45, 7) is 6.65. The zero-order valence-electron chi connectivity index (χ0n) is 21.9. The lowest BCUT2D eigenvalue weighted by Crippen LogP contribution is -2.42. The van der Waals surface area contributed by atoms with Crippen LogP contribution in [0.15, 0.2) is 42.5 Å². The summed E-state index contributed by atoms with van der Waals surface area (Å²) in [5, 5.41) is 0. The van der Waals surface area contributed by atoms with Crippen LogP contribution < -0.4 is 0 Å². The quantitative estimate of drug-likeness (QED) is 0.0969. The Kier molecular flexibility index (Phi) is 10.2. The van der Waals surface area contributed by atoms with Gasteiger partial charge < -0.3 is 18.9 Å². The lowest BCUT2D eigenvalue weighted by molar-refractivity contribution is -0.161. The number of imide groups is 1. The average molecular weight is 547 g/mol. The summed E-state index contributed by atoms with van der Waals surface area (Å²) < 4.78 is 21.5. The number of carbonyl (C=O) groups excluding carboxylic acids is 5. The van der Waals surface area contributed by atoms with E-state index in [1.165, 1.54) is 4.90 Å². The number of rotatable bonds is 12. The van der Waals surface area contributed by atoms with Crippen molar-refractivity contribution in [3.05, 3.63) is 48.0 Å². The third kappa shape index (κ3) is 8.80. The SMILES string of the molecule is C[Si](C)(C)CCOCOC(=O)[C@@H]1C[C@@H](OC(=O)CCN2C(=O)C=CC2=O)CN1C(=O)OCc1ccccc1. The second-order valence-electron chi connectivity index (χ2n) is 10.3. The van der Waals surface area contributed by atoms with E-state index < -0.39 is 50.1 Å². The van der Waals surface area contributed by atoms with E-state index in [1.807, 2.05) is 18.2 Å². The van der Waals surface area contributed by atoms with Crippen molar-refractivity contribution in [1.82, 2.24) is 9.80 Å². The Morgan fingerprint density at radius 2 is 1.68 bits per heavy atom. The van der Waals surface area contributed by atoms with Crippen molar-refractivity contribution in [3.63, 3.8) is 0 Å². The van der Waals surface area contributed by atoms with E-state index in [4.69, 9.17) is 18.9 Å². The number of benzene rings is 1. The van der Waals surface area contributed by atoms with Gasteiger partial charge in [-0.3, -0.25) is 24.2 Å². The van der Waals surface area contributed by atoms with Gasteiger partial charge in [-0.25, -0.2) is 9.59 Å². The second kappa shape index (κ2) is 13.3. The van der Waals surface area contributed by atoms with Crippen molar-refractivity contribution in [2.45, 2.75) is 57.3 Å². The van der Waals surface area contributed by atoms with Gasteiger partial charge in [0.1, 0.15) is 18.8 Å². The van der Waals surface area contributed by atoms with E-state index in [-0.39, 0.29) is 39.3 Å². The minimum atomic E-state index is -1.30. The van der Waals surface area contributed by atoms with Crippen LogP contribution in [0.2, 0.25) is 25.7 Å². The highest BCUT2D eigenvalue weighted by molar-refractivity contribution is 6.76. The van der Waals surface area contributed by atoms with Crippen LogP contribution in [0.3, 0.4) is 0 Å². The van der Waals surface area contributed by atoms with E-state index in [0.717, 1.165) is 28.7 Å². The largest absolute Gasteiger partial charge is 0.460 e. The molecule has 0 aliphatic carbocycles. The Labute approximate surface area is 222 Å². The Morgan fingerprint density at radius 1 is 1.00 bits per heavy atom. The molecular formula is C26H34N2O9Si. The molecule has 0 aromatic heterocycles. The number of hydrogen-bond acceptors (Lipinski definition) is 9. The lowest BCUT2D eigenvalue weighted by Gasteiger charge is -2.22. The number of esters is 2. The first-order valence-corrected chi connectivity index (χ1v) is 16.2. The van der Waals surface area contributed by atoms with Crippen LogP contribution in [-0.2, 0) is 44.7 Å². The van der Waals surface area contributed by atoms with Crippen molar-refractivity contribution in [2.75, 3.05) is 26.5 Å². The van der Waals surface area contributed by atoms with Crippen LogP contribution in [0.5, 0.6) is 0 Å². The van der Waals surface area contributed by atoms with E-state index in [9.17, 15) is 24.0 Å². The van der Waals surface area contributed by atoms with Crippen LogP contribution in [0.25, 0.3) is 0 Å². The minimum absolute atomic E-state index is 0.00806. The molecule has 11 nitrogen and oxygen atoms in total. The summed E-state index contributed by atoms with van der Waals surface area (Å²) in [5.74, 6) is -2.34. The highest BCUT2D eigenvalue weighted by atomic mass is 28.3. The van der Waals surface area contributed by atoms with E-state index in [1.54, 1.807) is 12.1 Å². The van der Waals surface area contributed by atoms with Gasteiger partial charge in [-0.15, -0.1) is 0 Å². The molecule has 0 unspecified atom stereocenters. The van der Waals surface area contributed by atoms with Gasteiger partial charge in [0.15, 0.2) is 6.79 Å². The van der Waals surface area contributed by atoms with Crippen molar-refractivity contribution in [1.29, 1.82) is 0 Å². The third-order valence-electron chi connectivity index (χ3n) is 5.99. The normalized spacial score (nSPS) is 19.1. The first-order valence-electron chi connectivity index (χ1n) is 12.5. The molecule has 206 valence electrons. The monoisotopic (exact) mass is 546 g/mol. The van der Waals surface area contributed by atoms with Gasteiger partial charge in [-0.1, -0.05) is 50.0 Å². The van der Waals surface area contributed by atoms with Gasteiger partial charge in [-0.05, 0) is 11.6 Å². The van der Waals surface area contributed by atoms with Gasteiger partial charge in [-0.2, -0.15) is 0 Å². The Morgan fingerprint density at radius 3 is 2.34 bits per heavy atom. The highest BCUT2D eigenvalue weighted by Gasteiger charge is 2.43.